The van der Waals surface area contributed by atoms with Gasteiger partial charge in [-0.1, -0.05) is 19.3 Å². The van der Waals surface area contributed by atoms with Crippen molar-refractivity contribution in [3.8, 4) is 12.3 Å². The van der Waals surface area contributed by atoms with Crippen LogP contribution < -0.4 is 0 Å². The summed E-state index contributed by atoms with van der Waals surface area (Å²) in [6, 6.07) is 0. The van der Waals surface area contributed by atoms with Gasteiger partial charge in [0.2, 0.25) is 5.82 Å². The lowest BCUT2D eigenvalue weighted by Crippen LogP contribution is -2.26. The van der Waals surface area contributed by atoms with Crippen molar-refractivity contribution < 1.29 is 4.79 Å². The lowest BCUT2D eigenvalue weighted by molar-refractivity contribution is 0.0763. The molecule has 0 aromatic carbocycles. The Morgan fingerprint density at radius 3 is 2.94 bits per heavy atom. The van der Waals surface area contributed by atoms with Gasteiger partial charge in [-0.2, -0.15) is 0 Å². The van der Waals surface area contributed by atoms with Crippen molar-refractivity contribution in [1.29, 1.82) is 0 Å². The first-order chi connectivity index (χ1) is 7.69. The number of amides is 1. The summed E-state index contributed by atoms with van der Waals surface area (Å²) < 4.78 is 1.83. The molecule has 1 amide bonds. The Hall–Kier alpha value is -1.76. The lowest BCUT2D eigenvalue weighted by atomic mass is 10.3. The molecule has 0 bridgehead atoms. The Bertz CT molecular complexity index is 467. The van der Waals surface area contributed by atoms with E-state index in [0.29, 0.717) is 12.5 Å². The first kappa shape index (κ1) is 10.7. The molecule has 0 radical (unpaired) electrons. The molecular weight excluding hydrogens is 202 g/mol. The largest absolute Gasteiger partial charge is 0.318 e. The van der Waals surface area contributed by atoms with Crippen LogP contribution in [0.25, 0.3) is 0 Å². The molecule has 2 heterocycles. The van der Waals surface area contributed by atoms with Crippen LogP contribution in [0.2, 0.25) is 0 Å². The fourth-order valence-electron chi connectivity index (χ4n) is 1.95. The Kier molecular flexibility index (Phi) is 2.69. The highest BCUT2D eigenvalue weighted by molar-refractivity contribution is 5.92. The van der Waals surface area contributed by atoms with Gasteiger partial charge in [-0.25, -0.2) is 4.98 Å². The molecule has 0 spiro atoms. The highest BCUT2D eigenvalue weighted by atomic mass is 16.2. The highest BCUT2D eigenvalue weighted by Gasteiger charge is 2.31. The van der Waals surface area contributed by atoms with Gasteiger partial charge in [0.25, 0.3) is 5.91 Å². The van der Waals surface area contributed by atoms with Crippen LogP contribution in [0, 0.1) is 19.3 Å². The number of unbranched alkanes of at least 4 members (excludes halogenated alkanes) is 1. The van der Waals surface area contributed by atoms with Gasteiger partial charge in [-0.15, -0.1) is 6.42 Å². The molecule has 4 nitrogen and oxygen atoms in total. The number of aryl methyl sites for hydroxylation is 1. The zero-order valence-corrected chi connectivity index (χ0v) is 9.66. The maximum absolute atomic E-state index is 12.0. The second-order valence-electron chi connectivity index (χ2n) is 4.01. The van der Waals surface area contributed by atoms with Crippen LogP contribution >= 0.6 is 0 Å². The van der Waals surface area contributed by atoms with Crippen molar-refractivity contribution in [2.75, 3.05) is 6.54 Å². The Labute approximate surface area is 95.3 Å². The summed E-state index contributed by atoms with van der Waals surface area (Å²) >= 11 is 0. The van der Waals surface area contributed by atoms with Crippen LogP contribution in [-0.2, 0) is 6.67 Å². The van der Waals surface area contributed by atoms with E-state index < -0.39 is 0 Å². The molecule has 0 saturated carbocycles. The topological polar surface area (TPSA) is 38.1 Å². The minimum absolute atomic E-state index is 0.00181. The predicted octanol–water partition coefficient (Wildman–Crippen LogP) is 1.39. The van der Waals surface area contributed by atoms with Gasteiger partial charge in [0.1, 0.15) is 12.4 Å². The van der Waals surface area contributed by atoms with Crippen molar-refractivity contribution in [2.45, 2.75) is 33.4 Å². The standard InChI is InChI=1S/C12H15N3O/c1-4-6-7-14-8-15-10(5-2)9(3)13-11(15)12(14)16/h2H,4,6-8H2,1,3H3. The Morgan fingerprint density at radius 1 is 1.56 bits per heavy atom. The molecule has 1 aliphatic rings. The summed E-state index contributed by atoms with van der Waals surface area (Å²) in [5.41, 5.74) is 1.49. The normalized spacial score (nSPS) is 14.1. The van der Waals surface area contributed by atoms with Gasteiger partial charge >= 0.3 is 0 Å². The summed E-state index contributed by atoms with van der Waals surface area (Å²) in [6.07, 6.45) is 7.51. The molecule has 1 aromatic heterocycles. The molecule has 0 N–H and O–H groups in total. The number of terminal acetylenes is 1. The summed E-state index contributed by atoms with van der Waals surface area (Å²) in [5, 5.41) is 0. The number of aromatic nitrogens is 2. The average molecular weight is 217 g/mol. The summed E-state index contributed by atoms with van der Waals surface area (Å²) in [4.78, 5) is 18.0. The third-order valence-electron chi connectivity index (χ3n) is 2.85. The minimum atomic E-state index is -0.00181. The fraction of sp³-hybridized carbons (Fsp3) is 0.500. The average Bonchev–Trinajstić information content (AvgIpc) is 2.73. The van der Waals surface area contributed by atoms with Crippen molar-refractivity contribution in [1.82, 2.24) is 14.5 Å². The summed E-state index contributed by atoms with van der Waals surface area (Å²) in [7, 11) is 0. The molecule has 0 unspecified atom stereocenters. The summed E-state index contributed by atoms with van der Waals surface area (Å²) in [6.45, 7) is 5.27. The van der Waals surface area contributed by atoms with E-state index in [1.807, 2.05) is 11.5 Å². The monoisotopic (exact) mass is 217 g/mol. The van der Waals surface area contributed by atoms with Crippen LogP contribution in [0.15, 0.2) is 0 Å². The highest BCUT2D eigenvalue weighted by Crippen LogP contribution is 2.20. The van der Waals surface area contributed by atoms with Gasteiger partial charge in [0.15, 0.2) is 0 Å². The lowest BCUT2D eigenvalue weighted by Gasteiger charge is -2.14. The van der Waals surface area contributed by atoms with Crippen molar-refractivity contribution in [3.05, 3.63) is 17.2 Å². The SMILES string of the molecule is C#Cc1c(C)nc2n1CN(CCCC)C2=O. The number of nitrogens with zero attached hydrogens (tertiary/aromatic N) is 3. The number of carbonyl (C=O) groups excluding carboxylic acids is 1. The van der Waals surface area contributed by atoms with E-state index >= 15 is 0 Å². The molecule has 1 aliphatic heterocycles. The van der Waals surface area contributed by atoms with Crippen LogP contribution in [0.4, 0.5) is 0 Å². The number of carbonyl (C=O) groups is 1. The van der Waals surface area contributed by atoms with Gasteiger partial charge in [-0.3, -0.25) is 9.36 Å². The van der Waals surface area contributed by atoms with Gasteiger partial charge < -0.3 is 4.90 Å². The zero-order chi connectivity index (χ0) is 11.7. The third-order valence-corrected chi connectivity index (χ3v) is 2.85. The number of fused-ring (bicyclic) bond motifs is 1. The smallest absolute Gasteiger partial charge is 0.291 e. The molecule has 0 aliphatic carbocycles. The van der Waals surface area contributed by atoms with Crippen molar-refractivity contribution in [3.63, 3.8) is 0 Å². The predicted molar refractivity (Wildman–Crippen MR) is 60.8 cm³/mol. The summed E-state index contributed by atoms with van der Waals surface area (Å²) in [5.74, 6) is 3.08. The fourth-order valence-corrected chi connectivity index (χ4v) is 1.95. The molecular formula is C12H15N3O. The first-order valence-electron chi connectivity index (χ1n) is 5.52. The Morgan fingerprint density at radius 2 is 2.31 bits per heavy atom. The second kappa shape index (κ2) is 4.01. The van der Waals surface area contributed by atoms with Crippen molar-refractivity contribution in [2.24, 2.45) is 0 Å². The van der Waals surface area contributed by atoms with E-state index in [4.69, 9.17) is 6.42 Å². The van der Waals surface area contributed by atoms with Crippen LogP contribution in [0.5, 0.6) is 0 Å². The molecule has 0 fully saturated rings. The molecule has 16 heavy (non-hydrogen) atoms. The number of rotatable bonds is 3. The van der Waals surface area contributed by atoms with E-state index in [1.54, 1.807) is 4.90 Å². The maximum Gasteiger partial charge on any atom is 0.291 e. The molecule has 4 heteroatoms. The molecule has 1 aromatic rings. The zero-order valence-electron chi connectivity index (χ0n) is 9.66. The maximum atomic E-state index is 12.0. The molecule has 2 rings (SSSR count). The second-order valence-corrected chi connectivity index (χ2v) is 4.01. The van der Waals surface area contributed by atoms with Crippen LogP contribution in [0.1, 0.15) is 41.8 Å². The van der Waals surface area contributed by atoms with Gasteiger partial charge in [0, 0.05) is 6.54 Å². The molecule has 0 atom stereocenters. The van der Waals surface area contributed by atoms with Gasteiger partial charge in [0.05, 0.1) is 5.69 Å². The van der Waals surface area contributed by atoms with E-state index in [1.165, 1.54) is 0 Å². The first-order valence-corrected chi connectivity index (χ1v) is 5.52. The van der Waals surface area contributed by atoms with Crippen molar-refractivity contribution >= 4 is 5.91 Å². The molecule has 0 saturated heterocycles. The van der Waals surface area contributed by atoms with Crippen LogP contribution in [-0.4, -0.2) is 26.9 Å². The van der Waals surface area contributed by atoms with E-state index in [0.717, 1.165) is 30.8 Å². The van der Waals surface area contributed by atoms with E-state index in [9.17, 15) is 4.79 Å². The number of hydrogen-bond acceptors (Lipinski definition) is 2. The number of imidazole rings is 1. The third kappa shape index (κ3) is 1.49. The number of hydrogen-bond donors (Lipinski definition) is 0. The quantitative estimate of drug-likeness (QED) is 0.717. The molecule has 84 valence electrons. The minimum Gasteiger partial charge on any atom is -0.318 e. The van der Waals surface area contributed by atoms with Gasteiger partial charge in [-0.05, 0) is 13.3 Å². The van der Waals surface area contributed by atoms with E-state index in [2.05, 4.69) is 17.8 Å². The van der Waals surface area contributed by atoms with Crippen LogP contribution in [0.3, 0.4) is 0 Å². The van der Waals surface area contributed by atoms with E-state index in [-0.39, 0.29) is 5.91 Å². The Balaban J connectivity index is 2.26.